The minimum Gasteiger partial charge on any atom is -0.496 e. The van der Waals surface area contributed by atoms with Crippen LogP contribution in [-0.2, 0) is 0 Å². The van der Waals surface area contributed by atoms with Crippen molar-refractivity contribution < 1.29 is 9.66 Å². The number of nitro groups is 1. The highest BCUT2D eigenvalue weighted by molar-refractivity contribution is 8.03. The summed E-state index contributed by atoms with van der Waals surface area (Å²) in [6.07, 6.45) is 0. The number of thiocyanates is 1. The van der Waals surface area contributed by atoms with Gasteiger partial charge in [0.05, 0.1) is 16.9 Å². The molecule has 1 aromatic carbocycles. The lowest BCUT2D eigenvalue weighted by Gasteiger charge is -2.03. The molecule has 0 heterocycles. The molecule has 0 amide bonds. The number of methoxy groups -OCH3 is 1. The van der Waals surface area contributed by atoms with E-state index in [1.807, 2.05) is 5.40 Å². The number of nitro benzene ring substituents is 1. The van der Waals surface area contributed by atoms with E-state index in [-0.39, 0.29) is 5.69 Å². The fourth-order valence-corrected chi connectivity index (χ4v) is 1.44. The third kappa shape index (κ3) is 2.14. The molecule has 0 aromatic heterocycles. The van der Waals surface area contributed by atoms with E-state index in [2.05, 4.69) is 0 Å². The predicted octanol–water partition coefficient (Wildman–Crippen LogP) is 2.18. The Balaban J connectivity index is 3.15. The molecule has 14 heavy (non-hydrogen) atoms. The summed E-state index contributed by atoms with van der Waals surface area (Å²) in [5.74, 6) is 0.460. The van der Waals surface area contributed by atoms with Gasteiger partial charge in [-0.1, -0.05) is 0 Å². The van der Waals surface area contributed by atoms with Crippen molar-refractivity contribution in [1.29, 1.82) is 5.26 Å². The Morgan fingerprint density at radius 2 is 2.36 bits per heavy atom. The van der Waals surface area contributed by atoms with Gasteiger partial charge in [0.2, 0.25) is 0 Å². The molecule has 0 saturated carbocycles. The number of benzene rings is 1. The fourth-order valence-electron chi connectivity index (χ4n) is 0.908. The van der Waals surface area contributed by atoms with Crippen LogP contribution in [0.25, 0.3) is 0 Å². The summed E-state index contributed by atoms with van der Waals surface area (Å²) in [5, 5.41) is 20.7. The highest BCUT2D eigenvalue weighted by Crippen LogP contribution is 2.31. The Morgan fingerprint density at radius 3 is 2.86 bits per heavy atom. The van der Waals surface area contributed by atoms with Crippen molar-refractivity contribution in [2.75, 3.05) is 7.11 Å². The van der Waals surface area contributed by atoms with E-state index in [1.165, 1.54) is 25.3 Å². The second-order valence-electron chi connectivity index (χ2n) is 2.29. The number of rotatable bonds is 3. The maximum Gasteiger partial charge on any atom is 0.270 e. The van der Waals surface area contributed by atoms with Gasteiger partial charge in [0, 0.05) is 12.1 Å². The number of hydrogen-bond donors (Lipinski definition) is 0. The van der Waals surface area contributed by atoms with Gasteiger partial charge in [-0.2, -0.15) is 5.26 Å². The first kappa shape index (κ1) is 10.3. The predicted molar refractivity (Wildman–Crippen MR) is 51.1 cm³/mol. The average Bonchev–Trinajstić information content (AvgIpc) is 2.18. The van der Waals surface area contributed by atoms with E-state index >= 15 is 0 Å². The summed E-state index contributed by atoms with van der Waals surface area (Å²) < 4.78 is 4.94. The third-order valence-corrected chi connectivity index (χ3v) is 2.14. The van der Waals surface area contributed by atoms with E-state index in [4.69, 9.17) is 10.00 Å². The van der Waals surface area contributed by atoms with Gasteiger partial charge in [0.1, 0.15) is 11.2 Å². The van der Waals surface area contributed by atoms with Crippen LogP contribution in [-0.4, -0.2) is 12.0 Å². The Labute approximate surface area is 84.4 Å². The van der Waals surface area contributed by atoms with Crippen LogP contribution in [0, 0.1) is 20.8 Å². The lowest BCUT2D eigenvalue weighted by Crippen LogP contribution is -1.90. The van der Waals surface area contributed by atoms with Crippen molar-refractivity contribution >= 4 is 17.4 Å². The third-order valence-electron chi connectivity index (χ3n) is 1.51. The van der Waals surface area contributed by atoms with Crippen LogP contribution in [0.5, 0.6) is 5.75 Å². The minimum atomic E-state index is -0.513. The van der Waals surface area contributed by atoms with Gasteiger partial charge in [-0.15, -0.1) is 0 Å². The summed E-state index contributed by atoms with van der Waals surface area (Å²) >= 11 is 0.834. The monoisotopic (exact) mass is 210 g/mol. The van der Waals surface area contributed by atoms with Gasteiger partial charge in [0.25, 0.3) is 5.69 Å². The van der Waals surface area contributed by atoms with Crippen LogP contribution in [0.3, 0.4) is 0 Å². The molecule has 1 rings (SSSR count). The number of thioether (sulfide) groups is 1. The standard InChI is InChI=1S/C8H6N2O3S/c1-13-7-3-2-6(10(11)12)4-8(7)14-5-9/h2-4H,1H3. The Bertz CT molecular complexity index is 400. The largest absolute Gasteiger partial charge is 0.496 e. The molecule has 72 valence electrons. The second-order valence-corrected chi connectivity index (χ2v) is 3.11. The van der Waals surface area contributed by atoms with Gasteiger partial charge in [-0.05, 0) is 17.8 Å². The zero-order chi connectivity index (χ0) is 10.6. The minimum absolute atomic E-state index is 0.0523. The maximum absolute atomic E-state index is 10.4. The molecule has 0 unspecified atom stereocenters. The van der Waals surface area contributed by atoms with Crippen LogP contribution in [0.15, 0.2) is 23.1 Å². The molecule has 0 spiro atoms. The number of ether oxygens (including phenoxy) is 1. The quantitative estimate of drug-likeness (QED) is 0.330. The van der Waals surface area contributed by atoms with E-state index < -0.39 is 4.92 Å². The first-order chi connectivity index (χ1) is 6.69. The van der Waals surface area contributed by atoms with Crippen LogP contribution < -0.4 is 4.74 Å². The Kier molecular flexibility index (Phi) is 3.31. The molecule has 6 heteroatoms. The zero-order valence-electron chi connectivity index (χ0n) is 7.26. The van der Waals surface area contributed by atoms with Crippen molar-refractivity contribution in [2.45, 2.75) is 4.90 Å². The van der Waals surface area contributed by atoms with Gasteiger partial charge in [-0.3, -0.25) is 10.1 Å². The Hall–Kier alpha value is -1.74. The van der Waals surface area contributed by atoms with Gasteiger partial charge in [0.15, 0.2) is 0 Å². The lowest BCUT2D eigenvalue weighted by molar-refractivity contribution is -0.385. The SMILES string of the molecule is COc1ccc([N+](=O)[O-])cc1SC#N. The van der Waals surface area contributed by atoms with E-state index in [9.17, 15) is 10.1 Å². The summed E-state index contributed by atoms with van der Waals surface area (Å²) in [5.41, 5.74) is -0.0523. The number of non-ortho nitro benzene ring substituents is 1. The molecule has 1 aromatic rings. The van der Waals surface area contributed by atoms with Crippen LogP contribution in [0.4, 0.5) is 5.69 Å². The molecular formula is C8H6N2O3S. The normalized spacial score (nSPS) is 9.14. The number of nitriles is 1. The van der Waals surface area contributed by atoms with E-state index in [0.717, 1.165) is 11.8 Å². The second kappa shape index (κ2) is 4.48. The molecule has 0 fully saturated rings. The highest BCUT2D eigenvalue weighted by atomic mass is 32.2. The zero-order valence-corrected chi connectivity index (χ0v) is 8.08. The summed E-state index contributed by atoms with van der Waals surface area (Å²) in [6.45, 7) is 0. The van der Waals surface area contributed by atoms with E-state index in [0.29, 0.717) is 10.6 Å². The van der Waals surface area contributed by atoms with E-state index in [1.54, 1.807) is 0 Å². The van der Waals surface area contributed by atoms with Crippen molar-refractivity contribution in [1.82, 2.24) is 0 Å². The Morgan fingerprint density at radius 1 is 1.64 bits per heavy atom. The summed E-state index contributed by atoms with van der Waals surface area (Å²) in [6, 6.07) is 4.12. The maximum atomic E-state index is 10.4. The topological polar surface area (TPSA) is 76.2 Å². The molecule has 0 aliphatic carbocycles. The van der Waals surface area contributed by atoms with Crippen LogP contribution >= 0.6 is 11.8 Å². The average molecular weight is 210 g/mol. The fraction of sp³-hybridized carbons (Fsp3) is 0.125. The molecule has 5 nitrogen and oxygen atoms in total. The van der Waals surface area contributed by atoms with Crippen molar-refractivity contribution in [3.63, 3.8) is 0 Å². The highest BCUT2D eigenvalue weighted by Gasteiger charge is 2.11. The molecule has 0 aliphatic rings. The van der Waals surface area contributed by atoms with Gasteiger partial charge < -0.3 is 4.74 Å². The first-order valence-corrected chi connectivity index (χ1v) is 4.39. The first-order valence-electron chi connectivity index (χ1n) is 3.57. The number of nitrogens with zero attached hydrogens (tertiary/aromatic N) is 2. The van der Waals surface area contributed by atoms with Crippen molar-refractivity contribution in [3.8, 4) is 11.2 Å². The molecule has 0 bridgehead atoms. The van der Waals surface area contributed by atoms with Gasteiger partial charge >= 0.3 is 0 Å². The van der Waals surface area contributed by atoms with Crippen LogP contribution in [0.2, 0.25) is 0 Å². The molecule has 0 aliphatic heterocycles. The van der Waals surface area contributed by atoms with Gasteiger partial charge in [-0.25, -0.2) is 0 Å². The molecule has 0 saturated heterocycles. The molecule has 0 N–H and O–H groups in total. The molecule has 0 atom stereocenters. The van der Waals surface area contributed by atoms with Crippen molar-refractivity contribution in [3.05, 3.63) is 28.3 Å². The lowest BCUT2D eigenvalue weighted by atomic mass is 10.3. The van der Waals surface area contributed by atoms with Crippen LogP contribution in [0.1, 0.15) is 0 Å². The smallest absolute Gasteiger partial charge is 0.270 e. The number of hydrogen-bond acceptors (Lipinski definition) is 5. The molecule has 0 radical (unpaired) electrons. The summed E-state index contributed by atoms with van der Waals surface area (Å²) in [4.78, 5) is 10.4. The van der Waals surface area contributed by atoms with Crippen molar-refractivity contribution in [2.24, 2.45) is 0 Å². The molecular weight excluding hydrogens is 204 g/mol. The summed E-state index contributed by atoms with van der Waals surface area (Å²) in [7, 11) is 1.45.